The third-order valence-corrected chi connectivity index (χ3v) is 6.56. The van der Waals surface area contributed by atoms with Gasteiger partial charge in [0.15, 0.2) is 0 Å². The van der Waals surface area contributed by atoms with Gasteiger partial charge in [-0.15, -0.1) is 0 Å². The van der Waals surface area contributed by atoms with Crippen molar-refractivity contribution in [1.29, 1.82) is 0 Å². The third-order valence-electron chi connectivity index (χ3n) is 6.56. The van der Waals surface area contributed by atoms with Gasteiger partial charge in [0.05, 0.1) is 23.1 Å². The Kier molecular flexibility index (Phi) is 6.27. The van der Waals surface area contributed by atoms with Gasteiger partial charge in [0.25, 0.3) is 5.91 Å². The van der Waals surface area contributed by atoms with E-state index < -0.39 is 0 Å². The second-order valence-electron chi connectivity index (χ2n) is 8.55. The van der Waals surface area contributed by atoms with E-state index in [-0.39, 0.29) is 5.91 Å². The molecule has 1 N–H and O–H groups in total. The van der Waals surface area contributed by atoms with Gasteiger partial charge in [-0.3, -0.25) is 14.7 Å². The molecule has 2 aliphatic rings. The number of rotatable bonds is 6. The zero-order chi connectivity index (χ0) is 21.8. The minimum Gasteiger partial charge on any atom is -0.381 e. The number of benzene rings is 1. The topological polar surface area (TPSA) is 72.3 Å². The molecule has 2 saturated heterocycles. The summed E-state index contributed by atoms with van der Waals surface area (Å²) in [6, 6.07) is 14.4. The molecule has 0 unspecified atom stereocenters. The third kappa shape index (κ3) is 4.45. The van der Waals surface area contributed by atoms with Crippen LogP contribution >= 0.6 is 0 Å². The van der Waals surface area contributed by atoms with E-state index in [0.29, 0.717) is 24.1 Å². The second kappa shape index (κ2) is 9.63. The van der Waals surface area contributed by atoms with E-state index in [4.69, 9.17) is 9.84 Å². The van der Waals surface area contributed by atoms with Crippen molar-refractivity contribution in [2.75, 3.05) is 26.3 Å². The smallest absolute Gasteiger partial charge is 0.253 e. The fourth-order valence-electron chi connectivity index (χ4n) is 4.91. The van der Waals surface area contributed by atoms with E-state index in [0.717, 1.165) is 56.8 Å². The summed E-state index contributed by atoms with van der Waals surface area (Å²) in [5, 5.41) is 7.79. The number of nitrogens with one attached hydrogen (secondary N) is 1. The molecule has 0 radical (unpaired) electrons. The molecule has 0 saturated carbocycles. The number of para-hydroxylation sites is 1. The minimum atomic E-state index is -0.119. The Morgan fingerprint density at radius 3 is 2.69 bits per heavy atom. The van der Waals surface area contributed by atoms with Crippen molar-refractivity contribution in [1.82, 2.24) is 25.0 Å². The van der Waals surface area contributed by atoms with Crippen LogP contribution in [0.3, 0.4) is 0 Å². The van der Waals surface area contributed by atoms with E-state index >= 15 is 0 Å². The molecule has 0 bridgehead atoms. The van der Waals surface area contributed by atoms with Crippen molar-refractivity contribution in [2.24, 2.45) is 0 Å². The highest BCUT2D eigenvalue weighted by atomic mass is 16.5. The molecule has 0 aliphatic carbocycles. The maximum Gasteiger partial charge on any atom is 0.253 e. The summed E-state index contributed by atoms with van der Waals surface area (Å²) in [5.74, 6) is 0.262. The van der Waals surface area contributed by atoms with Crippen LogP contribution in [-0.2, 0) is 11.3 Å². The van der Waals surface area contributed by atoms with E-state index in [2.05, 4.69) is 32.0 Å². The number of nitrogens with zero attached hydrogens (tertiary/aromatic N) is 4. The Balaban J connectivity index is 1.38. The number of aromatic nitrogens is 3. The van der Waals surface area contributed by atoms with Crippen molar-refractivity contribution in [3.05, 3.63) is 77.9 Å². The van der Waals surface area contributed by atoms with Gasteiger partial charge in [0.1, 0.15) is 0 Å². The lowest BCUT2D eigenvalue weighted by molar-refractivity contribution is 0.0419. The monoisotopic (exact) mass is 431 g/mol. The van der Waals surface area contributed by atoms with Crippen LogP contribution in [0.1, 0.15) is 46.8 Å². The molecular formula is C25H29N5O2. The highest BCUT2D eigenvalue weighted by Crippen LogP contribution is 2.33. The fraction of sp³-hybridized carbons (Fsp3) is 0.400. The summed E-state index contributed by atoms with van der Waals surface area (Å²) < 4.78 is 7.62. The molecule has 4 heterocycles. The predicted octanol–water partition coefficient (Wildman–Crippen LogP) is 3.17. The van der Waals surface area contributed by atoms with Gasteiger partial charge < -0.3 is 10.1 Å². The van der Waals surface area contributed by atoms with E-state index in [1.165, 1.54) is 5.69 Å². The van der Waals surface area contributed by atoms with Crippen LogP contribution in [0.25, 0.3) is 5.69 Å². The summed E-state index contributed by atoms with van der Waals surface area (Å²) >= 11 is 0. The maximum absolute atomic E-state index is 12.6. The fourth-order valence-corrected chi connectivity index (χ4v) is 4.91. The van der Waals surface area contributed by atoms with Crippen LogP contribution in [0.5, 0.6) is 0 Å². The summed E-state index contributed by atoms with van der Waals surface area (Å²) in [6.45, 7) is 4.28. The summed E-state index contributed by atoms with van der Waals surface area (Å²) in [4.78, 5) is 19.3. The van der Waals surface area contributed by atoms with Crippen LogP contribution in [-0.4, -0.2) is 57.9 Å². The molecule has 2 aliphatic heterocycles. The van der Waals surface area contributed by atoms with Gasteiger partial charge in [0, 0.05) is 56.2 Å². The van der Waals surface area contributed by atoms with Gasteiger partial charge in [-0.2, -0.15) is 5.10 Å². The molecule has 2 fully saturated rings. The largest absolute Gasteiger partial charge is 0.381 e. The SMILES string of the molecule is O=C(NCc1cnn(-c2ccccc2)c1[C@H]1CCN(C2CCOCC2)C1)c1cccnc1. The number of ether oxygens (including phenoxy) is 1. The maximum atomic E-state index is 12.6. The zero-order valence-electron chi connectivity index (χ0n) is 18.2. The number of pyridine rings is 1. The van der Waals surface area contributed by atoms with Gasteiger partial charge in [-0.1, -0.05) is 18.2 Å². The first kappa shape index (κ1) is 20.8. The lowest BCUT2D eigenvalue weighted by Gasteiger charge is -2.31. The van der Waals surface area contributed by atoms with Crippen LogP contribution in [0.2, 0.25) is 0 Å². The second-order valence-corrected chi connectivity index (χ2v) is 8.55. The standard InChI is InChI=1S/C25H29N5O2/c31-25(19-5-4-11-26-15-19)27-16-21-17-28-30(23-6-2-1-3-7-23)24(21)20-8-12-29(18-20)22-9-13-32-14-10-22/h1-7,11,15,17,20,22H,8-10,12-14,16,18H2,(H,27,31)/t20-/m0/s1. The molecule has 5 rings (SSSR count). The normalized spacial score (nSPS) is 19.8. The molecule has 32 heavy (non-hydrogen) atoms. The van der Waals surface area contributed by atoms with Crippen LogP contribution in [0, 0.1) is 0 Å². The van der Waals surface area contributed by atoms with E-state index in [1.54, 1.807) is 24.5 Å². The van der Waals surface area contributed by atoms with Gasteiger partial charge >= 0.3 is 0 Å². The Hall–Kier alpha value is -3.03. The lowest BCUT2D eigenvalue weighted by Crippen LogP contribution is -2.37. The summed E-state index contributed by atoms with van der Waals surface area (Å²) in [6.07, 6.45) is 8.48. The number of carbonyl (C=O) groups excluding carboxylic acids is 1. The Labute approximate surface area is 188 Å². The molecule has 2 aromatic heterocycles. The van der Waals surface area contributed by atoms with Crippen molar-refractivity contribution in [3.63, 3.8) is 0 Å². The van der Waals surface area contributed by atoms with Crippen molar-refractivity contribution < 1.29 is 9.53 Å². The highest BCUT2D eigenvalue weighted by Gasteiger charge is 2.33. The van der Waals surface area contributed by atoms with Crippen LogP contribution in [0.15, 0.2) is 61.1 Å². The minimum absolute atomic E-state index is 0.119. The van der Waals surface area contributed by atoms with Crippen molar-refractivity contribution >= 4 is 5.91 Å². The summed E-state index contributed by atoms with van der Waals surface area (Å²) in [7, 11) is 0. The first-order valence-corrected chi connectivity index (χ1v) is 11.4. The molecule has 0 spiro atoms. The Morgan fingerprint density at radius 1 is 1.06 bits per heavy atom. The van der Waals surface area contributed by atoms with E-state index in [9.17, 15) is 4.79 Å². The van der Waals surface area contributed by atoms with Crippen LogP contribution < -0.4 is 5.32 Å². The zero-order valence-corrected chi connectivity index (χ0v) is 18.2. The lowest BCUT2D eigenvalue weighted by atomic mass is 10.00. The number of amides is 1. The molecule has 3 aromatic rings. The van der Waals surface area contributed by atoms with E-state index in [1.807, 2.05) is 24.4 Å². The number of hydrogen-bond acceptors (Lipinski definition) is 5. The van der Waals surface area contributed by atoms with Crippen molar-refractivity contribution in [3.8, 4) is 5.69 Å². The Bertz CT molecular complexity index is 1030. The molecule has 7 heteroatoms. The number of carbonyl (C=O) groups is 1. The van der Waals surface area contributed by atoms with Gasteiger partial charge in [-0.25, -0.2) is 4.68 Å². The molecule has 1 amide bonds. The molecule has 1 aromatic carbocycles. The van der Waals surface area contributed by atoms with Crippen LogP contribution in [0.4, 0.5) is 0 Å². The average Bonchev–Trinajstić information content (AvgIpc) is 3.51. The first-order valence-electron chi connectivity index (χ1n) is 11.4. The van der Waals surface area contributed by atoms with Gasteiger partial charge in [0.2, 0.25) is 0 Å². The highest BCUT2D eigenvalue weighted by molar-refractivity contribution is 5.93. The molecule has 1 atom stereocenters. The quantitative estimate of drug-likeness (QED) is 0.649. The molecular weight excluding hydrogens is 402 g/mol. The molecule has 7 nitrogen and oxygen atoms in total. The van der Waals surface area contributed by atoms with Crippen molar-refractivity contribution in [2.45, 2.75) is 37.8 Å². The van der Waals surface area contributed by atoms with Gasteiger partial charge in [-0.05, 0) is 50.1 Å². The Morgan fingerprint density at radius 2 is 1.91 bits per heavy atom. The number of likely N-dealkylation sites (tertiary alicyclic amines) is 1. The average molecular weight is 432 g/mol. The predicted molar refractivity (Wildman–Crippen MR) is 122 cm³/mol. The first-order chi connectivity index (χ1) is 15.8. The summed E-state index contributed by atoms with van der Waals surface area (Å²) in [5.41, 5.74) is 3.90. The molecule has 166 valence electrons. The number of hydrogen-bond donors (Lipinski definition) is 1.